The van der Waals surface area contributed by atoms with E-state index >= 15 is 0 Å². The van der Waals surface area contributed by atoms with E-state index in [1.54, 1.807) is 43.3 Å². The van der Waals surface area contributed by atoms with E-state index in [9.17, 15) is 13.2 Å². The number of benzene rings is 1. The summed E-state index contributed by atoms with van der Waals surface area (Å²) in [6.07, 6.45) is 0.820. The number of nitrogens with one attached hydrogen (secondary N) is 1. The van der Waals surface area contributed by atoms with Crippen LogP contribution in [0.25, 0.3) is 0 Å². The first kappa shape index (κ1) is 20.4. The smallest absolute Gasteiger partial charge is 0.266 e. The van der Waals surface area contributed by atoms with E-state index < -0.39 is 9.84 Å². The van der Waals surface area contributed by atoms with Crippen molar-refractivity contribution in [2.45, 2.75) is 50.5 Å². The first-order valence-electron chi connectivity index (χ1n) is 9.13. The first-order valence-corrected chi connectivity index (χ1v) is 11.5. The zero-order valence-electron chi connectivity index (χ0n) is 16.4. The topological polar surface area (TPSA) is 68.2 Å². The second kappa shape index (κ2) is 7.93. The summed E-state index contributed by atoms with van der Waals surface area (Å²) in [5.41, 5.74) is 2.49. The van der Waals surface area contributed by atoms with Gasteiger partial charge in [0.25, 0.3) is 5.91 Å². The second-order valence-electron chi connectivity index (χ2n) is 6.79. The average Bonchev–Trinajstić information content (AvgIpc) is 3.26. The Bertz CT molecular complexity index is 1090. The molecule has 0 fully saturated rings. The van der Waals surface area contributed by atoms with Crippen LogP contribution in [0.15, 0.2) is 51.6 Å². The molecule has 3 aromatic rings. The molecule has 28 heavy (non-hydrogen) atoms. The Morgan fingerprint density at radius 2 is 1.79 bits per heavy atom. The van der Waals surface area contributed by atoms with Crippen LogP contribution in [0.5, 0.6) is 0 Å². The van der Waals surface area contributed by atoms with E-state index in [0.717, 1.165) is 17.7 Å². The van der Waals surface area contributed by atoms with Gasteiger partial charge in [0.05, 0.1) is 9.77 Å². The van der Waals surface area contributed by atoms with Gasteiger partial charge in [-0.2, -0.15) is 0 Å². The van der Waals surface area contributed by atoms with Gasteiger partial charge in [-0.25, -0.2) is 8.42 Å². The summed E-state index contributed by atoms with van der Waals surface area (Å²) in [5, 5.41) is 4.69. The molecule has 0 unspecified atom stereocenters. The molecular formula is C21H24N2O3S2. The van der Waals surface area contributed by atoms with Gasteiger partial charge in [0.15, 0.2) is 0 Å². The number of aryl methyl sites for hydroxylation is 1. The van der Waals surface area contributed by atoms with Crippen molar-refractivity contribution in [2.24, 2.45) is 0 Å². The molecule has 0 aliphatic heterocycles. The zero-order valence-corrected chi connectivity index (χ0v) is 18.1. The zero-order chi connectivity index (χ0) is 20.5. The molecular weight excluding hydrogens is 392 g/mol. The Balaban J connectivity index is 2.18. The maximum atomic E-state index is 13.5. The standard InChI is InChI=1S/C21H24N2O3S2/c1-5-12-23-16(4)15(3)19(20(23)22-21(24)18-7-6-13-27-18)28(25,26)17-10-8-14(2)9-11-17/h6-11,13H,5,12H2,1-4H3,(H,22,24). The van der Waals surface area contributed by atoms with Crippen molar-refractivity contribution in [1.29, 1.82) is 0 Å². The lowest BCUT2D eigenvalue weighted by atomic mass is 10.2. The number of carbonyl (C=O) groups excluding carboxylic acids is 1. The lowest BCUT2D eigenvalue weighted by Crippen LogP contribution is -2.17. The minimum atomic E-state index is -3.78. The minimum absolute atomic E-state index is 0.173. The molecule has 0 saturated heterocycles. The summed E-state index contributed by atoms with van der Waals surface area (Å²) in [7, 11) is -3.78. The summed E-state index contributed by atoms with van der Waals surface area (Å²) in [5.74, 6) is 0.0426. The van der Waals surface area contributed by atoms with Gasteiger partial charge in [0, 0.05) is 12.2 Å². The Kier molecular flexibility index (Phi) is 5.76. The van der Waals surface area contributed by atoms with Gasteiger partial charge in [-0.3, -0.25) is 4.79 Å². The van der Waals surface area contributed by atoms with Crippen LogP contribution in [-0.2, 0) is 16.4 Å². The normalized spacial score (nSPS) is 11.6. The highest BCUT2D eigenvalue weighted by molar-refractivity contribution is 7.91. The number of hydrogen-bond donors (Lipinski definition) is 1. The summed E-state index contributed by atoms with van der Waals surface area (Å²) in [6, 6.07) is 10.3. The van der Waals surface area contributed by atoms with Crippen molar-refractivity contribution in [3.8, 4) is 0 Å². The molecule has 1 aromatic carbocycles. The van der Waals surface area contributed by atoms with Crippen molar-refractivity contribution in [3.05, 3.63) is 63.5 Å². The highest BCUT2D eigenvalue weighted by atomic mass is 32.2. The Labute approximate surface area is 169 Å². The molecule has 7 heteroatoms. The Hall–Kier alpha value is -2.38. The predicted molar refractivity (Wildman–Crippen MR) is 113 cm³/mol. The van der Waals surface area contributed by atoms with Crippen LogP contribution in [0, 0.1) is 20.8 Å². The number of amides is 1. The van der Waals surface area contributed by atoms with Gasteiger partial charge in [-0.05, 0) is 56.3 Å². The largest absolute Gasteiger partial charge is 0.331 e. The summed E-state index contributed by atoms with van der Waals surface area (Å²) < 4.78 is 28.8. The van der Waals surface area contributed by atoms with E-state index in [4.69, 9.17) is 0 Å². The fourth-order valence-corrected chi connectivity index (χ4v) is 5.52. The molecule has 0 aliphatic carbocycles. The third kappa shape index (κ3) is 3.64. The molecule has 0 bridgehead atoms. The van der Waals surface area contributed by atoms with Crippen LogP contribution in [-0.4, -0.2) is 18.9 Å². The Morgan fingerprint density at radius 1 is 1.11 bits per heavy atom. The number of carbonyl (C=O) groups is 1. The number of anilines is 1. The summed E-state index contributed by atoms with van der Waals surface area (Å²) >= 11 is 1.32. The van der Waals surface area contributed by atoms with Gasteiger partial charge in [-0.15, -0.1) is 11.3 Å². The van der Waals surface area contributed by atoms with Crippen LogP contribution < -0.4 is 5.32 Å². The number of nitrogens with zero attached hydrogens (tertiary/aromatic N) is 1. The van der Waals surface area contributed by atoms with E-state index in [2.05, 4.69) is 5.32 Å². The van der Waals surface area contributed by atoms with Gasteiger partial charge in [0.1, 0.15) is 10.7 Å². The summed E-state index contributed by atoms with van der Waals surface area (Å²) in [4.78, 5) is 13.6. The van der Waals surface area contributed by atoms with Crippen LogP contribution in [0.1, 0.15) is 39.8 Å². The van der Waals surface area contributed by atoms with E-state index in [-0.39, 0.29) is 15.7 Å². The summed E-state index contributed by atoms with van der Waals surface area (Å²) in [6.45, 7) is 8.24. The van der Waals surface area contributed by atoms with Crippen molar-refractivity contribution >= 4 is 32.9 Å². The molecule has 2 heterocycles. The first-order chi connectivity index (χ1) is 13.3. The fraction of sp³-hybridized carbons (Fsp3) is 0.286. The number of hydrogen-bond acceptors (Lipinski definition) is 4. The lowest BCUT2D eigenvalue weighted by molar-refractivity contribution is 0.102. The maximum absolute atomic E-state index is 13.5. The lowest BCUT2D eigenvalue weighted by Gasteiger charge is -2.13. The average molecular weight is 417 g/mol. The van der Waals surface area contributed by atoms with Gasteiger partial charge >= 0.3 is 0 Å². The molecule has 148 valence electrons. The monoisotopic (exact) mass is 416 g/mol. The molecule has 0 aliphatic rings. The van der Waals surface area contributed by atoms with E-state index in [1.807, 2.05) is 30.7 Å². The Morgan fingerprint density at radius 3 is 2.36 bits per heavy atom. The fourth-order valence-electron chi connectivity index (χ4n) is 3.20. The molecule has 3 rings (SSSR count). The van der Waals surface area contributed by atoms with Crippen LogP contribution in [0.2, 0.25) is 0 Å². The van der Waals surface area contributed by atoms with Gasteiger partial charge in [0.2, 0.25) is 9.84 Å². The van der Waals surface area contributed by atoms with Gasteiger partial charge in [-0.1, -0.05) is 30.7 Å². The van der Waals surface area contributed by atoms with E-state index in [0.29, 0.717) is 22.8 Å². The van der Waals surface area contributed by atoms with Crippen molar-refractivity contribution in [3.63, 3.8) is 0 Å². The molecule has 2 aromatic heterocycles. The molecule has 1 amide bonds. The highest BCUT2D eigenvalue weighted by Crippen LogP contribution is 2.36. The quantitative estimate of drug-likeness (QED) is 0.617. The molecule has 0 spiro atoms. The number of sulfone groups is 1. The van der Waals surface area contributed by atoms with Crippen LogP contribution in [0.3, 0.4) is 0 Å². The predicted octanol–water partition coefficient (Wildman–Crippen LogP) is 4.97. The maximum Gasteiger partial charge on any atom is 0.266 e. The molecule has 1 N–H and O–H groups in total. The molecule has 0 saturated carbocycles. The van der Waals surface area contributed by atoms with E-state index in [1.165, 1.54) is 11.3 Å². The minimum Gasteiger partial charge on any atom is -0.331 e. The highest BCUT2D eigenvalue weighted by Gasteiger charge is 2.30. The third-order valence-electron chi connectivity index (χ3n) is 4.80. The molecule has 5 nitrogen and oxygen atoms in total. The number of aromatic nitrogens is 1. The van der Waals surface area contributed by atoms with Gasteiger partial charge < -0.3 is 9.88 Å². The molecule has 0 atom stereocenters. The second-order valence-corrected chi connectivity index (χ2v) is 9.62. The number of thiophene rings is 1. The van der Waals surface area contributed by atoms with Crippen LogP contribution >= 0.6 is 11.3 Å². The number of rotatable bonds is 6. The van der Waals surface area contributed by atoms with Crippen molar-refractivity contribution in [1.82, 2.24) is 4.57 Å². The van der Waals surface area contributed by atoms with Crippen LogP contribution in [0.4, 0.5) is 5.82 Å². The third-order valence-corrected chi connectivity index (χ3v) is 7.60. The SMILES string of the molecule is CCCn1c(C)c(C)c(S(=O)(=O)c2ccc(C)cc2)c1NC(=O)c1cccs1. The van der Waals surface area contributed by atoms with Crippen molar-refractivity contribution in [2.75, 3.05) is 5.32 Å². The molecule has 0 radical (unpaired) electrons. The van der Waals surface area contributed by atoms with Crippen molar-refractivity contribution < 1.29 is 13.2 Å².